The predicted octanol–water partition coefficient (Wildman–Crippen LogP) is 0.297. The van der Waals surface area contributed by atoms with Crippen LogP contribution in [-0.4, -0.2) is 47.7 Å². The van der Waals surface area contributed by atoms with Crippen molar-refractivity contribution in [2.24, 2.45) is 0 Å². The molecule has 0 saturated carbocycles. The molecule has 1 aliphatic rings. The van der Waals surface area contributed by atoms with Crippen LogP contribution in [-0.2, 0) is 4.79 Å². The third kappa shape index (κ3) is 2.65. The lowest BCUT2D eigenvalue weighted by Crippen LogP contribution is -2.58. The topological polar surface area (TPSA) is 70.4 Å². The highest BCUT2D eigenvalue weighted by Gasteiger charge is 2.35. The molecule has 0 aromatic carbocycles. The monoisotopic (exact) mass is 238 g/mol. The van der Waals surface area contributed by atoms with Crippen LogP contribution >= 0.6 is 0 Å². The average molecular weight is 238 g/mol. The summed E-state index contributed by atoms with van der Waals surface area (Å²) < 4.78 is 4.69. The first-order chi connectivity index (χ1) is 8.10. The molecule has 6 heteroatoms. The zero-order valence-corrected chi connectivity index (χ0v) is 10.2. The number of hydrogen-bond acceptors (Lipinski definition) is 5. The molecule has 0 unspecified atom stereocenters. The lowest BCUT2D eigenvalue weighted by molar-refractivity contribution is -0.126. The Morgan fingerprint density at radius 1 is 1.53 bits per heavy atom. The third-order valence-electron chi connectivity index (χ3n) is 3.15. The fourth-order valence-electron chi connectivity index (χ4n) is 1.92. The summed E-state index contributed by atoms with van der Waals surface area (Å²) in [5, 5.41) is 9.63. The molecule has 6 nitrogen and oxygen atoms in total. The van der Waals surface area contributed by atoms with Crippen molar-refractivity contribution in [2.45, 2.75) is 19.4 Å². The lowest BCUT2D eigenvalue weighted by Gasteiger charge is -2.39. The van der Waals surface area contributed by atoms with Crippen LogP contribution in [0.5, 0.6) is 0 Å². The molecule has 0 bridgehead atoms. The van der Waals surface area contributed by atoms with Gasteiger partial charge >= 0.3 is 0 Å². The summed E-state index contributed by atoms with van der Waals surface area (Å²) in [5.41, 5.74) is 0.0672. The van der Waals surface area contributed by atoms with Gasteiger partial charge in [-0.25, -0.2) is 0 Å². The summed E-state index contributed by atoms with van der Waals surface area (Å²) in [6, 6.07) is 0. The Hall–Kier alpha value is -1.40. The summed E-state index contributed by atoms with van der Waals surface area (Å²) in [6.07, 6.45) is 2.91. The Balaban J connectivity index is 2.00. The van der Waals surface area contributed by atoms with Gasteiger partial charge in [-0.3, -0.25) is 9.69 Å². The first kappa shape index (κ1) is 12.1. The maximum atomic E-state index is 12.2. The summed E-state index contributed by atoms with van der Waals surface area (Å²) in [5.74, 6) is -0.0393. The molecule has 1 fully saturated rings. The van der Waals surface area contributed by atoms with Crippen LogP contribution in [0.3, 0.4) is 0 Å². The van der Waals surface area contributed by atoms with Crippen molar-refractivity contribution in [1.29, 1.82) is 0 Å². The lowest BCUT2D eigenvalue weighted by atomic mass is 10.0. The summed E-state index contributed by atoms with van der Waals surface area (Å²) in [7, 11) is 0. The van der Waals surface area contributed by atoms with E-state index in [0.29, 0.717) is 5.69 Å². The van der Waals surface area contributed by atoms with Gasteiger partial charge in [0.15, 0.2) is 0 Å². The highest BCUT2D eigenvalue weighted by molar-refractivity contribution is 5.97. The van der Waals surface area contributed by atoms with Crippen LogP contribution in [0.25, 0.3) is 0 Å². The standard InChI is InChI=1S/C11H18N4O2/c1-11(2,15-5-3-12-4-6-15)10(16)14-9-7-13-17-8-9/h7-8,12H,3-6H2,1-2H3,(H,14,16). The number of piperazine rings is 1. The molecule has 94 valence electrons. The van der Waals surface area contributed by atoms with Gasteiger partial charge in [0.1, 0.15) is 12.0 Å². The van der Waals surface area contributed by atoms with E-state index in [0.717, 1.165) is 26.2 Å². The molecule has 2 rings (SSSR count). The minimum absolute atomic E-state index is 0.0393. The van der Waals surface area contributed by atoms with Crippen molar-refractivity contribution in [2.75, 3.05) is 31.5 Å². The van der Waals surface area contributed by atoms with E-state index >= 15 is 0 Å². The quantitative estimate of drug-likeness (QED) is 0.792. The first-order valence-electron chi connectivity index (χ1n) is 5.77. The van der Waals surface area contributed by atoms with Gasteiger partial charge in [0, 0.05) is 26.2 Å². The predicted molar refractivity (Wildman–Crippen MR) is 63.7 cm³/mol. The van der Waals surface area contributed by atoms with Gasteiger partial charge < -0.3 is 15.2 Å². The van der Waals surface area contributed by atoms with Crippen LogP contribution in [0.15, 0.2) is 17.0 Å². The van der Waals surface area contributed by atoms with Crippen molar-refractivity contribution in [3.8, 4) is 0 Å². The second kappa shape index (κ2) is 4.85. The zero-order valence-electron chi connectivity index (χ0n) is 10.2. The Morgan fingerprint density at radius 2 is 2.24 bits per heavy atom. The molecule has 1 amide bonds. The number of nitrogens with one attached hydrogen (secondary N) is 2. The van der Waals surface area contributed by atoms with E-state index in [9.17, 15) is 4.79 Å². The van der Waals surface area contributed by atoms with Gasteiger partial charge in [-0.2, -0.15) is 0 Å². The van der Waals surface area contributed by atoms with E-state index in [1.807, 2.05) is 13.8 Å². The zero-order chi connectivity index (χ0) is 12.3. The van der Waals surface area contributed by atoms with Crippen LogP contribution < -0.4 is 10.6 Å². The molecular weight excluding hydrogens is 220 g/mol. The van der Waals surface area contributed by atoms with Gasteiger partial charge in [-0.1, -0.05) is 5.16 Å². The maximum Gasteiger partial charge on any atom is 0.244 e. The fraction of sp³-hybridized carbons (Fsp3) is 0.636. The Kier molecular flexibility index (Phi) is 3.44. The van der Waals surface area contributed by atoms with Crippen molar-refractivity contribution in [1.82, 2.24) is 15.4 Å². The number of carbonyl (C=O) groups excluding carboxylic acids is 1. The van der Waals surface area contributed by atoms with Crippen molar-refractivity contribution < 1.29 is 9.32 Å². The minimum Gasteiger partial charge on any atom is -0.363 e. The molecule has 1 aromatic heterocycles. The van der Waals surface area contributed by atoms with E-state index in [2.05, 4.69) is 25.2 Å². The molecule has 2 heterocycles. The second-order valence-corrected chi connectivity index (χ2v) is 4.66. The third-order valence-corrected chi connectivity index (χ3v) is 3.15. The minimum atomic E-state index is -0.528. The maximum absolute atomic E-state index is 12.2. The van der Waals surface area contributed by atoms with E-state index in [-0.39, 0.29) is 5.91 Å². The molecule has 0 aliphatic carbocycles. The summed E-state index contributed by atoms with van der Waals surface area (Å²) in [6.45, 7) is 7.46. The second-order valence-electron chi connectivity index (χ2n) is 4.66. The average Bonchev–Trinajstić information content (AvgIpc) is 2.83. The molecule has 1 aliphatic heterocycles. The largest absolute Gasteiger partial charge is 0.363 e. The number of carbonyl (C=O) groups is 1. The number of rotatable bonds is 3. The number of amides is 1. The number of aromatic nitrogens is 1. The van der Waals surface area contributed by atoms with E-state index in [1.165, 1.54) is 12.5 Å². The van der Waals surface area contributed by atoms with E-state index in [1.54, 1.807) is 0 Å². The smallest absolute Gasteiger partial charge is 0.244 e. The van der Waals surface area contributed by atoms with Gasteiger partial charge in [0.05, 0.1) is 11.7 Å². The molecule has 0 radical (unpaired) electrons. The van der Waals surface area contributed by atoms with Gasteiger partial charge in [-0.05, 0) is 13.8 Å². The summed E-state index contributed by atoms with van der Waals surface area (Å²) >= 11 is 0. The van der Waals surface area contributed by atoms with Crippen molar-refractivity contribution >= 4 is 11.6 Å². The normalized spacial score (nSPS) is 18.0. The Bertz CT molecular complexity index is 369. The van der Waals surface area contributed by atoms with Crippen LogP contribution in [0.2, 0.25) is 0 Å². The first-order valence-corrected chi connectivity index (χ1v) is 5.77. The van der Waals surface area contributed by atoms with Crippen LogP contribution in [0.1, 0.15) is 13.8 Å². The van der Waals surface area contributed by atoms with Crippen LogP contribution in [0.4, 0.5) is 5.69 Å². The molecular formula is C11H18N4O2. The molecule has 17 heavy (non-hydrogen) atoms. The van der Waals surface area contributed by atoms with Crippen molar-refractivity contribution in [3.05, 3.63) is 12.5 Å². The molecule has 1 aromatic rings. The Morgan fingerprint density at radius 3 is 2.82 bits per heavy atom. The highest BCUT2D eigenvalue weighted by atomic mass is 16.5. The SMILES string of the molecule is CC(C)(C(=O)Nc1cnoc1)N1CCNCC1. The van der Waals surface area contributed by atoms with Gasteiger partial charge in [0.2, 0.25) is 5.91 Å². The molecule has 0 spiro atoms. The van der Waals surface area contributed by atoms with Gasteiger partial charge in [0.25, 0.3) is 0 Å². The Labute approximate surface area is 100 Å². The fourth-order valence-corrected chi connectivity index (χ4v) is 1.92. The number of nitrogens with zero attached hydrogens (tertiary/aromatic N) is 2. The highest BCUT2D eigenvalue weighted by Crippen LogP contribution is 2.18. The molecule has 1 saturated heterocycles. The molecule has 2 N–H and O–H groups in total. The van der Waals surface area contributed by atoms with Gasteiger partial charge in [-0.15, -0.1) is 0 Å². The van der Waals surface area contributed by atoms with E-state index in [4.69, 9.17) is 0 Å². The number of hydrogen-bond donors (Lipinski definition) is 2. The van der Waals surface area contributed by atoms with Crippen molar-refractivity contribution in [3.63, 3.8) is 0 Å². The van der Waals surface area contributed by atoms with Crippen LogP contribution in [0, 0.1) is 0 Å². The summed E-state index contributed by atoms with van der Waals surface area (Å²) in [4.78, 5) is 14.4. The van der Waals surface area contributed by atoms with E-state index < -0.39 is 5.54 Å². The molecule has 0 atom stereocenters. The number of anilines is 1.